The maximum absolute atomic E-state index is 12.4. The molecule has 0 spiro atoms. The van der Waals surface area contributed by atoms with Crippen molar-refractivity contribution in [3.8, 4) is 0 Å². The number of carbonyl (C=O) groups is 1. The Morgan fingerprint density at radius 1 is 1.22 bits per heavy atom. The third kappa shape index (κ3) is 3.88. The number of rotatable bonds is 4. The summed E-state index contributed by atoms with van der Waals surface area (Å²) in [6, 6.07) is 16.3. The van der Waals surface area contributed by atoms with E-state index in [9.17, 15) is 4.79 Å². The molecule has 0 fully saturated rings. The van der Waals surface area contributed by atoms with Gasteiger partial charge >= 0.3 is 0 Å². The van der Waals surface area contributed by atoms with Gasteiger partial charge in [0.1, 0.15) is 0 Å². The van der Waals surface area contributed by atoms with E-state index in [1.165, 1.54) is 16.1 Å². The van der Waals surface area contributed by atoms with E-state index in [1.54, 1.807) is 0 Å². The van der Waals surface area contributed by atoms with Gasteiger partial charge in [-0.15, -0.1) is 11.8 Å². The highest BCUT2D eigenvalue weighted by atomic mass is 32.2. The second-order valence-electron chi connectivity index (χ2n) is 5.91. The van der Waals surface area contributed by atoms with Gasteiger partial charge in [-0.25, -0.2) is 0 Å². The number of hydrogen-bond donors (Lipinski definition) is 1. The van der Waals surface area contributed by atoms with Crippen LogP contribution in [0.1, 0.15) is 18.9 Å². The Hall–Kier alpha value is -1.94. The van der Waals surface area contributed by atoms with Crippen molar-refractivity contribution in [3.05, 3.63) is 54.1 Å². The zero-order chi connectivity index (χ0) is 16.2. The van der Waals surface area contributed by atoms with Crippen LogP contribution < -0.4 is 10.2 Å². The summed E-state index contributed by atoms with van der Waals surface area (Å²) in [7, 11) is 0. The van der Waals surface area contributed by atoms with Crippen molar-refractivity contribution in [2.24, 2.45) is 0 Å². The molecule has 1 atom stereocenters. The Balaban J connectivity index is 1.71. The van der Waals surface area contributed by atoms with E-state index in [1.807, 2.05) is 49.0 Å². The maximum Gasteiger partial charge on any atom is 0.243 e. The standard InChI is InChI=1S/C19H22N2OS/c1-3-16-12-21(17-6-4-5-7-18(17)23-16)13-19(22)20-15-10-8-14(2)9-11-15/h4-11,16H,3,12-13H2,1-2H3,(H,20,22)/t16-/m1/s1. The Kier molecular flexibility index (Phi) is 4.91. The fourth-order valence-electron chi connectivity index (χ4n) is 2.75. The van der Waals surface area contributed by atoms with Crippen LogP contribution in [0.2, 0.25) is 0 Å². The maximum atomic E-state index is 12.4. The van der Waals surface area contributed by atoms with Gasteiger partial charge in [-0.3, -0.25) is 4.79 Å². The molecule has 0 aliphatic carbocycles. The van der Waals surface area contributed by atoms with Crippen LogP contribution >= 0.6 is 11.8 Å². The molecule has 0 saturated heterocycles. The Morgan fingerprint density at radius 2 is 1.96 bits per heavy atom. The predicted molar refractivity (Wildman–Crippen MR) is 98.4 cm³/mol. The van der Waals surface area contributed by atoms with Gasteiger partial charge in [0, 0.05) is 22.4 Å². The van der Waals surface area contributed by atoms with E-state index in [0.717, 1.165) is 18.7 Å². The largest absolute Gasteiger partial charge is 0.360 e. The summed E-state index contributed by atoms with van der Waals surface area (Å²) in [5.74, 6) is 0.0328. The summed E-state index contributed by atoms with van der Waals surface area (Å²) in [6.45, 7) is 5.55. The van der Waals surface area contributed by atoms with Gasteiger partial charge in [0.15, 0.2) is 0 Å². The van der Waals surface area contributed by atoms with Gasteiger partial charge in [-0.2, -0.15) is 0 Å². The van der Waals surface area contributed by atoms with Crippen molar-refractivity contribution in [1.29, 1.82) is 0 Å². The Labute approximate surface area is 142 Å². The van der Waals surface area contributed by atoms with E-state index >= 15 is 0 Å². The van der Waals surface area contributed by atoms with Gasteiger partial charge in [0.2, 0.25) is 5.91 Å². The molecule has 2 aromatic carbocycles. The molecule has 0 unspecified atom stereocenters. The molecule has 1 aliphatic heterocycles. The second kappa shape index (κ2) is 7.09. The number of anilines is 2. The number of amides is 1. The molecule has 0 radical (unpaired) electrons. The zero-order valence-corrected chi connectivity index (χ0v) is 14.4. The van der Waals surface area contributed by atoms with Crippen LogP contribution in [0.25, 0.3) is 0 Å². The van der Waals surface area contributed by atoms with Crippen molar-refractivity contribution in [3.63, 3.8) is 0 Å². The van der Waals surface area contributed by atoms with E-state index < -0.39 is 0 Å². The average Bonchev–Trinajstić information content (AvgIpc) is 2.56. The molecule has 2 aromatic rings. The zero-order valence-electron chi connectivity index (χ0n) is 13.6. The smallest absolute Gasteiger partial charge is 0.243 e. The first-order chi connectivity index (χ1) is 11.2. The van der Waals surface area contributed by atoms with Gasteiger partial charge < -0.3 is 10.2 Å². The molecule has 3 rings (SSSR count). The summed E-state index contributed by atoms with van der Waals surface area (Å²) >= 11 is 1.92. The fourth-order valence-corrected chi connectivity index (χ4v) is 4.01. The topological polar surface area (TPSA) is 32.3 Å². The minimum atomic E-state index is 0.0328. The minimum Gasteiger partial charge on any atom is -0.360 e. The van der Waals surface area contributed by atoms with Crippen LogP contribution in [0, 0.1) is 6.92 Å². The lowest BCUT2D eigenvalue weighted by molar-refractivity contribution is -0.115. The van der Waals surface area contributed by atoms with Gasteiger partial charge in [-0.05, 0) is 37.6 Å². The first kappa shape index (κ1) is 15.9. The van der Waals surface area contributed by atoms with Crippen LogP contribution in [-0.4, -0.2) is 24.2 Å². The number of benzene rings is 2. The quantitative estimate of drug-likeness (QED) is 0.908. The molecule has 3 nitrogen and oxygen atoms in total. The summed E-state index contributed by atoms with van der Waals surface area (Å²) in [5.41, 5.74) is 3.21. The van der Waals surface area contributed by atoms with Gasteiger partial charge in [0.25, 0.3) is 0 Å². The molecule has 23 heavy (non-hydrogen) atoms. The van der Waals surface area contributed by atoms with Crippen molar-refractivity contribution < 1.29 is 4.79 Å². The SMILES string of the molecule is CC[C@@H]1CN(CC(=O)Nc2ccc(C)cc2)c2ccccc2S1. The van der Waals surface area contributed by atoms with E-state index in [2.05, 4.69) is 35.3 Å². The number of fused-ring (bicyclic) bond motifs is 1. The Morgan fingerprint density at radius 3 is 2.70 bits per heavy atom. The number of para-hydroxylation sites is 1. The van der Waals surface area contributed by atoms with Crippen LogP contribution in [0.3, 0.4) is 0 Å². The summed E-state index contributed by atoms with van der Waals surface area (Å²) < 4.78 is 0. The minimum absolute atomic E-state index is 0.0328. The molecular weight excluding hydrogens is 304 g/mol. The number of aryl methyl sites for hydroxylation is 1. The van der Waals surface area contributed by atoms with Crippen molar-refractivity contribution in [2.75, 3.05) is 23.3 Å². The first-order valence-corrected chi connectivity index (χ1v) is 8.91. The van der Waals surface area contributed by atoms with E-state index in [-0.39, 0.29) is 5.91 Å². The number of hydrogen-bond acceptors (Lipinski definition) is 3. The highest BCUT2D eigenvalue weighted by molar-refractivity contribution is 8.00. The number of nitrogens with one attached hydrogen (secondary N) is 1. The molecule has 1 N–H and O–H groups in total. The summed E-state index contributed by atoms with van der Waals surface area (Å²) in [6.07, 6.45) is 1.11. The highest BCUT2D eigenvalue weighted by Crippen LogP contribution is 2.39. The first-order valence-electron chi connectivity index (χ1n) is 8.03. The molecule has 1 heterocycles. The van der Waals surface area contributed by atoms with Crippen molar-refractivity contribution >= 4 is 29.0 Å². The van der Waals surface area contributed by atoms with Crippen LogP contribution in [0.4, 0.5) is 11.4 Å². The third-order valence-electron chi connectivity index (χ3n) is 4.05. The Bertz CT molecular complexity index is 684. The number of nitrogens with zero attached hydrogens (tertiary/aromatic N) is 1. The summed E-state index contributed by atoms with van der Waals surface area (Å²) in [5, 5.41) is 3.53. The normalized spacial score (nSPS) is 16.8. The molecule has 1 amide bonds. The predicted octanol–water partition coefficient (Wildman–Crippen LogP) is 4.32. The molecule has 0 aromatic heterocycles. The number of carbonyl (C=O) groups excluding carboxylic acids is 1. The third-order valence-corrected chi connectivity index (χ3v) is 5.46. The van der Waals surface area contributed by atoms with Crippen LogP contribution in [0.15, 0.2) is 53.4 Å². The van der Waals surface area contributed by atoms with E-state index in [0.29, 0.717) is 11.8 Å². The molecule has 0 saturated carbocycles. The van der Waals surface area contributed by atoms with Crippen molar-refractivity contribution in [1.82, 2.24) is 0 Å². The van der Waals surface area contributed by atoms with E-state index in [4.69, 9.17) is 0 Å². The molecule has 120 valence electrons. The fraction of sp³-hybridized carbons (Fsp3) is 0.316. The average molecular weight is 326 g/mol. The van der Waals surface area contributed by atoms with Gasteiger partial charge in [0.05, 0.1) is 12.2 Å². The molecule has 0 bridgehead atoms. The summed E-state index contributed by atoms with van der Waals surface area (Å²) in [4.78, 5) is 15.9. The monoisotopic (exact) mass is 326 g/mol. The molecule has 1 aliphatic rings. The highest BCUT2D eigenvalue weighted by Gasteiger charge is 2.25. The lowest BCUT2D eigenvalue weighted by Crippen LogP contribution is -2.40. The van der Waals surface area contributed by atoms with Gasteiger partial charge in [-0.1, -0.05) is 36.8 Å². The molecule has 4 heteroatoms. The number of thioether (sulfide) groups is 1. The van der Waals surface area contributed by atoms with Crippen LogP contribution in [0.5, 0.6) is 0 Å². The lowest BCUT2D eigenvalue weighted by atomic mass is 10.2. The molecular formula is C19H22N2OS. The van der Waals surface area contributed by atoms with Crippen molar-refractivity contribution in [2.45, 2.75) is 30.4 Å². The lowest BCUT2D eigenvalue weighted by Gasteiger charge is -2.34. The van der Waals surface area contributed by atoms with Crippen LogP contribution in [-0.2, 0) is 4.79 Å². The second-order valence-corrected chi connectivity index (χ2v) is 7.25.